The Labute approximate surface area is 199 Å². The number of methoxy groups -OCH3 is 1. The van der Waals surface area contributed by atoms with Crippen molar-refractivity contribution < 1.29 is 19.1 Å². The quantitative estimate of drug-likeness (QED) is 0.401. The fourth-order valence-electron chi connectivity index (χ4n) is 3.02. The maximum absolute atomic E-state index is 12.8. The molecular formula is C24H32N4O4S. The van der Waals surface area contributed by atoms with Crippen molar-refractivity contribution in [2.24, 2.45) is 0 Å². The number of para-hydroxylation sites is 1. The van der Waals surface area contributed by atoms with Gasteiger partial charge in [-0.1, -0.05) is 24.3 Å². The lowest BCUT2D eigenvalue weighted by molar-refractivity contribution is -0.123. The van der Waals surface area contributed by atoms with Gasteiger partial charge in [-0.05, 0) is 62.1 Å². The van der Waals surface area contributed by atoms with Crippen LogP contribution in [0.4, 0.5) is 10.5 Å². The van der Waals surface area contributed by atoms with Gasteiger partial charge in [-0.3, -0.25) is 9.59 Å². The summed E-state index contributed by atoms with van der Waals surface area (Å²) in [6.07, 6.45) is 2.45. The SMILES string of the molecule is COc1ccccc1C(=O)NC(CCSC)C(=O)NCc1ccc(NC(=O)NC(C)C)cc1. The van der Waals surface area contributed by atoms with Crippen molar-refractivity contribution in [3.63, 3.8) is 0 Å². The monoisotopic (exact) mass is 472 g/mol. The van der Waals surface area contributed by atoms with Gasteiger partial charge in [0.2, 0.25) is 5.91 Å². The first kappa shape index (κ1) is 26.1. The summed E-state index contributed by atoms with van der Waals surface area (Å²) in [5, 5.41) is 11.2. The molecule has 33 heavy (non-hydrogen) atoms. The van der Waals surface area contributed by atoms with Gasteiger partial charge in [-0.25, -0.2) is 4.79 Å². The highest BCUT2D eigenvalue weighted by Crippen LogP contribution is 2.17. The molecule has 9 heteroatoms. The van der Waals surface area contributed by atoms with Gasteiger partial charge in [0.25, 0.3) is 5.91 Å². The second-order valence-corrected chi connectivity index (χ2v) is 8.66. The number of hydrogen-bond donors (Lipinski definition) is 4. The van der Waals surface area contributed by atoms with Crippen LogP contribution in [0.1, 0.15) is 36.2 Å². The molecule has 4 amide bonds. The molecule has 2 aromatic carbocycles. The van der Waals surface area contributed by atoms with Gasteiger partial charge in [0, 0.05) is 18.3 Å². The molecule has 0 aliphatic rings. The number of thioether (sulfide) groups is 1. The Hall–Kier alpha value is -3.20. The zero-order valence-electron chi connectivity index (χ0n) is 19.4. The molecule has 1 unspecified atom stereocenters. The highest BCUT2D eigenvalue weighted by atomic mass is 32.2. The molecule has 0 heterocycles. The zero-order valence-corrected chi connectivity index (χ0v) is 20.3. The largest absolute Gasteiger partial charge is 0.496 e. The molecule has 2 aromatic rings. The Morgan fingerprint density at radius 3 is 2.33 bits per heavy atom. The lowest BCUT2D eigenvalue weighted by Crippen LogP contribution is -2.47. The van der Waals surface area contributed by atoms with Gasteiger partial charge in [-0.2, -0.15) is 11.8 Å². The summed E-state index contributed by atoms with van der Waals surface area (Å²) in [6.45, 7) is 4.07. The number of amides is 4. The summed E-state index contributed by atoms with van der Waals surface area (Å²) in [5.74, 6) is 0.563. The maximum atomic E-state index is 12.8. The third-order valence-corrected chi connectivity index (χ3v) is 5.33. The first-order valence-electron chi connectivity index (χ1n) is 10.7. The molecule has 0 aliphatic carbocycles. The van der Waals surface area contributed by atoms with Gasteiger partial charge < -0.3 is 26.0 Å². The van der Waals surface area contributed by atoms with E-state index in [-0.39, 0.29) is 23.9 Å². The molecular weight excluding hydrogens is 440 g/mol. The van der Waals surface area contributed by atoms with E-state index in [9.17, 15) is 14.4 Å². The van der Waals surface area contributed by atoms with Crippen LogP contribution in [0.5, 0.6) is 5.75 Å². The molecule has 178 valence electrons. The van der Waals surface area contributed by atoms with E-state index in [0.29, 0.717) is 30.0 Å². The van der Waals surface area contributed by atoms with Crippen molar-refractivity contribution in [2.45, 2.75) is 38.9 Å². The highest BCUT2D eigenvalue weighted by Gasteiger charge is 2.22. The highest BCUT2D eigenvalue weighted by molar-refractivity contribution is 7.98. The molecule has 0 saturated carbocycles. The Kier molecular flexibility index (Phi) is 10.6. The fourth-order valence-corrected chi connectivity index (χ4v) is 3.49. The summed E-state index contributed by atoms with van der Waals surface area (Å²) in [5.41, 5.74) is 1.91. The van der Waals surface area contributed by atoms with Crippen molar-refractivity contribution in [1.29, 1.82) is 0 Å². The number of benzene rings is 2. The number of carbonyl (C=O) groups excluding carboxylic acids is 3. The van der Waals surface area contributed by atoms with Crippen molar-refractivity contribution in [2.75, 3.05) is 24.4 Å². The lowest BCUT2D eigenvalue weighted by atomic mass is 10.1. The molecule has 8 nitrogen and oxygen atoms in total. The van der Waals surface area contributed by atoms with E-state index < -0.39 is 6.04 Å². The average molecular weight is 473 g/mol. The Balaban J connectivity index is 1.96. The van der Waals surface area contributed by atoms with Crippen LogP contribution in [-0.4, -0.2) is 49.0 Å². The minimum Gasteiger partial charge on any atom is -0.496 e. The van der Waals surface area contributed by atoms with Crippen LogP contribution in [0.25, 0.3) is 0 Å². The van der Waals surface area contributed by atoms with Crippen LogP contribution in [0.15, 0.2) is 48.5 Å². The predicted molar refractivity (Wildman–Crippen MR) is 133 cm³/mol. The maximum Gasteiger partial charge on any atom is 0.319 e. The minimum atomic E-state index is -0.671. The number of ether oxygens (including phenoxy) is 1. The Morgan fingerprint density at radius 2 is 1.70 bits per heavy atom. The molecule has 0 aromatic heterocycles. The van der Waals surface area contributed by atoms with E-state index in [1.165, 1.54) is 7.11 Å². The van der Waals surface area contributed by atoms with Crippen LogP contribution in [0.2, 0.25) is 0 Å². The number of urea groups is 1. The van der Waals surface area contributed by atoms with E-state index in [1.807, 2.05) is 32.2 Å². The predicted octanol–water partition coefficient (Wildman–Crippen LogP) is 3.39. The van der Waals surface area contributed by atoms with E-state index in [4.69, 9.17) is 4.74 Å². The summed E-state index contributed by atoms with van der Waals surface area (Å²) in [6, 6.07) is 13.2. The lowest BCUT2D eigenvalue weighted by Gasteiger charge is -2.19. The second-order valence-electron chi connectivity index (χ2n) is 7.68. The normalized spacial score (nSPS) is 11.4. The van der Waals surface area contributed by atoms with Crippen LogP contribution < -0.4 is 26.0 Å². The number of rotatable bonds is 11. The van der Waals surface area contributed by atoms with Gasteiger partial charge in [0.15, 0.2) is 0 Å². The van der Waals surface area contributed by atoms with Gasteiger partial charge >= 0.3 is 6.03 Å². The molecule has 0 aliphatic heterocycles. The second kappa shape index (κ2) is 13.4. The van der Waals surface area contributed by atoms with Crippen LogP contribution in [0.3, 0.4) is 0 Å². The number of hydrogen-bond acceptors (Lipinski definition) is 5. The van der Waals surface area contributed by atoms with Crippen molar-refractivity contribution in [3.05, 3.63) is 59.7 Å². The number of anilines is 1. The van der Waals surface area contributed by atoms with Gasteiger partial charge in [-0.15, -0.1) is 0 Å². The van der Waals surface area contributed by atoms with Crippen molar-refractivity contribution in [3.8, 4) is 5.75 Å². The summed E-state index contributed by atoms with van der Waals surface area (Å²) >= 11 is 1.61. The molecule has 0 spiro atoms. The first-order valence-corrected chi connectivity index (χ1v) is 12.1. The van der Waals surface area contributed by atoms with E-state index >= 15 is 0 Å². The fraction of sp³-hybridized carbons (Fsp3) is 0.375. The molecule has 4 N–H and O–H groups in total. The molecule has 0 fully saturated rings. The molecule has 1 atom stereocenters. The molecule has 0 bridgehead atoms. The summed E-state index contributed by atoms with van der Waals surface area (Å²) in [4.78, 5) is 37.4. The summed E-state index contributed by atoms with van der Waals surface area (Å²) < 4.78 is 5.25. The average Bonchev–Trinajstić information content (AvgIpc) is 2.80. The van der Waals surface area contributed by atoms with Crippen LogP contribution >= 0.6 is 11.8 Å². The first-order chi connectivity index (χ1) is 15.8. The van der Waals surface area contributed by atoms with E-state index in [0.717, 1.165) is 11.3 Å². The molecule has 0 radical (unpaired) electrons. The van der Waals surface area contributed by atoms with Crippen molar-refractivity contribution >= 4 is 35.3 Å². The minimum absolute atomic E-state index is 0.0435. The standard InChI is InChI=1S/C24H32N4O4S/c1-16(2)26-24(31)27-18-11-9-17(10-12-18)15-25-23(30)20(13-14-33-4)28-22(29)19-7-5-6-8-21(19)32-3/h5-12,16,20H,13-15H2,1-4H3,(H,25,30)(H,28,29)(H2,26,27,31). The molecule has 0 saturated heterocycles. The van der Waals surface area contributed by atoms with Gasteiger partial charge in [0.1, 0.15) is 11.8 Å². The van der Waals surface area contributed by atoms with Crippen LogP contribution in [-0.2, 0) is 11.3 Å². The Bertz CT molecular complexity index is 934. The van der Waals surface area contributed by atoms with Crippen molar-refractivity contribution in [1.82, 2.24) is 16.0 Å². The van der Waals surface area contributed by atoms with Crippen LogP contribution in [0, 0.1) is 0 Å². The third-order valence-electron chi connectivity index (χ3n) is 4.68. The summed E-state index contributed by atoms with van der Waals surface area (Å²) in [7, 11) is 1.50. The number of nitrogens with one attached hydrogen (secondary N) is 4. The smallest absolute Gasteiger partial charge is 0.319 e. The third kappa shape index (κ3) is 8.69. The Morgan fingerprint density at radius 1 is 1.00 bits per heavy atom. The van der Waals surface area contributed by atoms with E-state index in [1.54, 1.807) is 48.2 Å². The zero-order chi connectivity index (χ0) is 24.2. The van der Waals surface area contributed by atoms with Gasteiger partial charge in [0.05, 0.1) is 12.7 Å². The molecule has 2 rings (SSSR count). The van der Waals surface area contributed by atoms with E-state index in [2.05, 4.69) is 21.3 Å². The topological polar surface area (TPSA) is 109 Å². The number of carbonyl (C=O) groups is 3.